The molecule has 2 rings (SSSR count). The summed E-state index contributed by atoms with van der Waals surface area (Å²) in [4.78, 5) is 8.81. The quantitative estimate of drug-likeness (QED) is 0.766. The van der Waals surface area contributed by atoms with E-state index in [4.69, 9.17) is 11.6 Å². The zero-order valence-corrected chi connectivity index (χ0v) is 11.8. The van der Waals surface area contributed by atoms with Gasteiger partial charge in [0.15, 0.2) is 0 Å². The normalized spacial score (nSPS) is 10.7. The van der Waals surface area contributed by atoms with E-state index in [0.29, 0.717) is 5.15 Å². The minimum Gasteiger partial charge on any atom is -0.233 e. The average Bonchev–Trinajstić information content (AvgIpc) is 2.32. The van der Waals surface area contributed by atoms with Crippen molar-refractivity contribution in [3.63, 3.8) is 0 Å². The number of nitrogens with zero attached hydrogens (tertiary/aromatic N) is 2. The zero-order chi connectivity index (χ0) is 13.1. The van der Waals surface area contributed by atoms with Crippen LogP contribution < -0.4 is 0 Å². The first kappa shape index (κ1) is 13.0. The third-order valence-electron chi connectivity index (χ3n) is 3.02. The van der Waals surface area contributed by atoms with Crippen LogP contribution in [0, 0.1) is 13.8 Å². The minimum absolute atomic E-state index is 0.515. The number of aryl methyl sites for hydroxylation is 3. The predicted octanol–water partition coefficient (Wildman–Crippen LogP) is 4.37. The Balaban J connectivity index is 2.46. The molecule has 0 bridgehead atoms. The first-order valence-corrected chi connectivity index (χ1v) is 6.59. The van der Waals surface area contributed by atoms with Crippen LogP contribution in [0.25, 0.3) is 11.3 Å². The van der Waals surface area contributed by atoms with Gasteiger partial charge in [-0.2, -0.15) is 0 Å². The molecular formula is C15H17ClN2. The molecule has 0 spiro atoms. The molecule has 2 aromatic rings. The molecule has 0 amide bonds. The monoisotopic (exact) mass is 260 g/mol. The first-order valence-electron chi connectivity index (χ1n) is 6.21. The van der Waals surface area contributed by atoms with E-state index in [0.717, 1.165) is 29.9 Å². The first-order chi connectivity index (χ1) is 8.60. The van der Waals surface area contributed by atoms with Gasteiger partial charge in [-0.25, -0.2) is 9.97 Å². The third-order valence-corrected chi connectivity index (χ3v) is 3.21. The number of hydrogen-bond donors (Lipinski definition) is 0. The van der Waals surface area contributed by atoms with Crippen LogP contribution in [0.15, 0.2) is 24.3 Å². The summed E-state index contributed by atoms with van der Waals surface area (Å²) in [6.45, 7) is 6.32. The summed E-state index contributed by atoms with van der Waals surface area (Å²) in [5, 5.41) is 0.515. The maximum absolute atomic E-state index is 6.06. The van der Waals surface area contributed by atoms with Crippen molar-refractivity contribution in [1.29, 1.82) is 0 Å². The molecule has 0 aliphatic heterocycles. The molecule has 94 valence electrons. The second-order valence-corrected chi connectivity index (χ2v) is 4.93. The highest BCUT2D eigenvalue weighted by atomic mass is 35.5. The molecule has 0 fully saturated rings. The third kappa shape index (κ3) is 2.88. The van der Waals surface area contributed by atoms with Gasteiger partial charge in [0, 0.05) is 18.1 Å². The number of rotatable bonds is 3. The van der Waals surface area contributed by atoms with Crippen LogP contribution in [-0.4, -0.2) is 9.97 Å². The topological polar surface area (TPSA) is 25.8 Å². The Hall–Kier alpha value is -1.41. The van der Waals surface area contributed by atoms with E-state index >= 15 is 0 Å². The lowest BCUT2D eigenvalue weighted by Crippen LogP contribution is -1.97. The summed E-state index contributed by atoms with van der Waals surface area (Å²) < 4.78 is 0. The minimum atomic E-state index is 0.515. The molecule has 0 aliphatic rings. The second-order valence-electron chi connectivity index (χ2n) is 4.54. The van der Waals surface area contributed by atoms with Crippen molar-refractivity contribution < 1.29 is 0 Å². The van der Waals surface area contributed by atoms with Crippen molar-refractivity contribution in [2.24, 2.45) is 0 Å². The molecule has 0 radical (unpaired) electrons. The van der Waals surface area contributed by atoms with Crippen molar-refractivity contribution in [1.82, 2.24) is 9.97 Å². The fourth-order valence-corrected chi connectivity index (χ4v) is 2.05. The van der Waals surface area contributed by atoms with Gasteiger partial charge in [0.05, 0.1) is 5.69 Å². The van der Waals surface area contributed by atoms with Gasteiger partial charge in [-0.3, -0.25) is 0 Å². The average molecular weight is 261 g/mol. The van der Waals surface area contributed by atoms with Crippen LogP contribution in [0.4, 0.5) is 0 Å². The van der Waals surface area contributed by atoms with Gasteiger partial charge in [0.2, 0.25) is 0 Å². The number of hydrogen-bond acceptors (Lipinski definition) is 2. The van der Waals surface area contributed by atoms with Crippen LogP contribution in [0.5, 0.6) is 0 Å². The summed E-state index contributed by atoms with van der Waals surface area (Å²) in [7, 11) is 0. The SMILES string of the molecule is CCCc1nc(Cl)cc(-c2ccc(C)c(C)c2)n1. The van der Waals surface area contributed by atoms with E-state index in [-0.39, 0.29) is 0 Å². The maximum Gasteiger partial charge on any atom is 0.133 e. The van der Waals surface area contributed by atoms with Crippen molar-refractivity contribution >= 4 is 11.6 Å². The largest absolute Gasteiger partial charge is 0.233 e. The Morgan fingerprint density at radius 2 is 1.83 bits per heavy atom. The number of aromatic nitrogens is 2. The lowest BCUT2D eigenvalue weighted by molar-refractivity contribution is 0.836. The molecule has 0 N–H and O–H groups in total. The Kier molecular flexibility index (Phi) is 3.97. The molecule has 1 heterocycles. The molecule has 0 saturated heterocycles. The molecular weight excluding hydrogens is 244 g/mol. The van der Waals surface area contributed by atoms with E-state index < -0.39 is 0 Å². The van der Waals surface area contributed by atoms with Crippen molar-refractivity contribution in [3.8, 4) is 11.3 Å². The lowest BCUT2D eigenvalue weighted by atomic mass is 10.0. The molecule has 1 aromatic heterocycles. The van der Waals surface area contributed by atoms with Gasteiger partial charge in [-0.15, -0.1) is 0 Å². The molecule has 2 nitrogen and oxygen atoms in total. The van der Waals surface area contributed by atoms with Gasteiger partial charge in [-0.1, -0.05) is 30.7 Å². The smallest absolute Gasteiger partial charge is 0.133 e. The summed E-state index contributed by atoms with van der Waals surface area (Å²) in [6.07, 6.45) is 1.88. The highest BCUT2D eigenvalue weighted by molar-refractivity contribution is 6.29. The second kappa shape index (κ2) is 5.49. The molecule has 1 aromatic carbocycles. The predicted molar refractivity (Wildman–Crippen MR) is 75.9 cm³/mol. The Bertz CT molecular complexity index is 564. The van der Waals surface area contributed by atoms with Gasteiger partial charge in [0.25, 0.3) is 0 Å². The standard InChI is InChI=1S/C15H17ClN2/c1-4-5-15-17-13(9-14(16)18-15)12-7-6-10(2)11(3)8-12/h6-9H,4-5H2,1-3H3. The summed E-state index contributed by atoms with van der Waals surface area (Å²) in [5.74, 6) is 0.818. The van der Waals surface area contributed by atoms with Gasteiger partial charge >= 0.3 is 0 Å². The highest BCUT2D eigenvalue weighted by Gasteiger charge is 2.06. The summed E-state index contributed by atoms with van der Waals surface area (Å²) in [6, 6.07) is 8.16. The van der Waals surface area contributed by atoms with Crippen LogP contribution in [-0.2, 0) is 6.42 Å². The van der Waals surface area contributed by atoms with E-state index in [1.54, 1.807) is 0 Å². The van der Waals surface area contributed by atoms with E-state index in [2.05, 4.69) is 48.9 Å². The molecule has 0 unspecified atom stereocenters. The number of halogens is 1. The molecule has 3 heteroatoms. The van der Waals surface area contributed by atoms with Gasteiger partial charge in [0.1, 0.15) is 11.0 Å². The van der Waals surface area contributed by atoms with Crippen molar-refractivity contribution in [3.05, 3.63) is 46.4 Å². The van der Waals surface area contributed by atoms with Crippen LogP contribution in [0.2, 0.25) is 5.15 Å². The Morgan fingerprint density at radius 1 is 1.06 bits per heavy atom. The maximum atomic E-state index is 6.06. The highest BCUT2D eigenvalue weighted by Crippen LogP contribution is 2.22. The molecule has 0 aliphatic carbocycles. The number of benzene rings is 1. The molecule has 0 atom stereocenters. The van der Waals surface area contributed by atoms with Gasteiger partial charge in [-0.05, 0) is 37.5 Å². The van der Waals surface area contributed by atoms with Gasteiger partial charge < -0.3 is 0 Å². The van der Waals surface area contributed by atoms with E-state index in [1.165, 1.54) is 11.1 Å². The Labute approximate surface area is 113 Å². The lowest BCUT2D eigenvalue weighted by Gasteiger charge is -2.07. The van der Waals surface area contributed by atoms with Crippen molar-refractivity contribution in [2.75, 3.05) is 0 Å². The van der Waals surface area contributed by atoms with Crippen LogP contribution in [0.1, 0.15) is 30.3 Å². The summed E-state index contributed by atoms with van der Waals surface area (Å²) in [5.41, 5.74) is 4.55. The van der Waals surface area contributed by atoms with E-state index in [1.807, 2.05) is 6.07 Å². The molecule has 0 saturated carbocycles. The fourth-order valence-electron chi connectivity index (χ4n) is 1.85. The molecule has 18 heavy (non-hydrogen) atoms. The summed E-state index contributed by atoms with van der Waals surface area (Å²) >= 11 is 6.06. The fraction of sp³-hybridized carbons (Fsp3) is 0.333. The van der Waals surface area contributed by atoms with Crippen molar-refractivity contribution in [2.45, 2.75) is 33.6 Å². The Morgan fingerprint density at radius 3 is 2.50 bits per heavy atom. The van der Waals surface area contributed by atoms with Crippen LogP contribution in [0.3, 0.4) is 0 Å². The van der Waals surface area contributed by atoms with E-state index in [9.17, 15) is 0 Å². The van der Waals surface area contributed by atoms with Crippen LogP contribution >= 0.6 is 11.6 Å². The zero-order valence-electron chi connectivity index (χ0n) is 11.0.